The molecule has 0 aromatic heterocycles. The van der Waals surface area contributed by atoms with Gasteiger partial charge < -0.3 is 4.90 Å². The number of hydrogen-bond acceptors (Lipinski definition) is 2. The van der Waals surface area contributed by atoms with Crippen LogP contribution in [0.4, 0.5) is 0 Å². The normalized spacial score (nSPS) is 23.9. The van der Waals surface area contributed by atoms with E-state index in [0.29, 0.717) is 0 Å². The fourth-order valence-electron chi connectivity index (χ4n) is 3.45. The number of thioether (sulfide) groups is 1. The second-order valence-corrected chi connectivity index (χ2v) is 8.30. The smallest absolute Gasteiger partial charge is 0.0233 e. The van der Waals surface area contributed by atoms with Crippen LogP contribution in [0.15, 0.2) is 12.1 Å². The summed E-state index contributed by atoms with van der Waals surface area (Å²) in [4.78, 5) is 2.50. The highest BCUT2D eigenvalue weighted by atomic mass is 32.2. The van der Waals surface area contributed by atoms with Crippen molar-refractivity contribution in [3.05, 3.63) is 34.4 Å². The highest BCUT2D eigenvalue weighted by molar-refractivity contribution is 7.98. The minimum absolute atomic E-state index is 0.258. The lowest BCUT2D eigenvalue weighted by Crippen LogP contribution is -2.31. The molecule has 1 atom stereocenters. The van der Waals surface area contributed by atoms with Crippen molar-refractivity contribution in [1.82, 2.24) is 4.90 Å². The third-order valence-electron chi connectivity index (χ3n) is 4.47. The molecular weight excluding hydrogens is 250 g/mol. The third kappa shape index (κ3) is 2.57. The minimum atomic E-state index is 0.258. The van der Waals surface area contributed by atoms with Crippen molar-refractivity contribution < 1.29 is 0 Å². The van der Waals surface area contributed by atoms with Crippen molar-refractivity contribution in [1.29, 1.82) is 0 Å². The maximum absolute atomic E-state index is 2.50. The van der Waals surface area contributed by atoms with Gasteiger partial charge in [0, 0.05) is 18.8 Å². The monoisotopic (exact) mass is 275 g/mol. The Morgan fingerprint density at radius 2 is 1.95 bits per heavy atom. The second kappa shape index (κ2) is 4.82. The van der Waals surface area contributed by atoms with E-state index in [1.54, 1.807) is 16.7 Å². The van der Waals surface area contributed by atoms with Crippen LogP contribution in [0.1, 0.15) is 55.4 Å². The highest BCUT2D eigenvalue weighted by Gasteiger charge is 2.29. The molecule has 2 aliphatic heterocycles. The molecule has 0 N–H and O–H groups in total. The quantitative estimate of drug-likeness (QED) is 0.700. The van der Waals surface area contributed by atoms with Gasteiger partial charge in [-0.05, 0) is 52.8 Å². The van der Waals surface area contributed by atoms with E-state index in [-0.39, 0.29) is 5.41 Å². The Morgan fingerprint density at radius 1 is 1.21 bits per heavy atom. The van der Waals surface area contributed by atoms with E-state index in [0.717, 1.165) is 12.5 Å². The van der Waals surface area contributed by atoms with E-state index in [1.807, 2.05) is 0 Å². The first-order valence-electron chi connectivity index (χ1n) is 7.37. The average molecular weight is 275 g/mol. The molecule has 1 nitrogen and oxygen atoms in total. The molecule has 0 bridgehead atoms. The molecule has 1 aromatic rings. The van der Waals surface area contributed by atoms with Gasteiger partial charge >= 0.3 is 0 Å². The predicted molar refractivity (Wildman–Crippen MR) is 85.0 cm³/mol. The Hall–Kier alpha value is -0.470. The predicted octanol–water partition coefficient (Wildman–Crippen LogP) is 4.15. The fourth-order valence-corrected chi connectivity index (χ4v) is 4.51. The average Bonchev–Trinajstić information content (AvgIpc) is 2.51. The fraction of sp³-hybridized carbons (Fsp3) is 0.647. The van der Waals surface area contributed by atoms with Crippen molar-refractivity contribution in [2.75, 3.05) is 19.3 Å². The molecule has 0 fully saturated rings. The van der Waals surface area contributed by atoms with Crippen LogP contribution in [-0.2, 0) is 17.7 Å². The lowest BCUT2D eigenvalue weighted by Gasteiger charge is -2.34. The Bertz CT molecular complexity index is 487. The molecule has 0 saturated carbocycles. The van der Waals surface area contributed by atoms with Gasteiger partial charge in [0.05, 0.1) is 0 Å². The first kappa shape index (κ1) is 13.5. The van der Waals surface area contributed by atoms with Crippen molar-refractivity contribution in [2.24, 2.45) is 0 Å². The summed E-state index contributed by atoms with van der Waals surface area (Å²) in [5.74, 6) is 3.30. The van der Waals surface area contributed by atoms with Gasteiger partial charge in [0.2, 0.25) is 0 Å². The molecule has 0 aliphatic carbocycles. The Kier molecular flexibility index (Phi) is 3.43. The summed E-state index contributed by atoms with van der Waals surface area (Å²) >= 11 is 2.12. The summed E-state index contributed by atoms with van der Waals surface area (Å²) in [6.07, 6.45) is 1.35. The SMILES string of the molecule is CN1Cc2cc(C(C)(C)C)cc3c2C(CCSC3)C1. The van der Waals surface area contributed by atoms with Crippen LogP contribution in [0.2, 0.25) is 0 Å². The van der Waals surface area contributed by atoms with E-state index in [9.17, 15) is 0 Å². The largest absolute Gasteiger partial charge is 0.301 e. The molecule has 1 unspecified atom stereocenters. The molecule has 2 heteroatoms. The van der Waals surface area contributed by atoms with Crippen LogP contribution in [0.5, 0.6) is 0 Å². The summed E-state index contributed by atoms with van der Waals surface area (Å²) in [6.45, 7) is 9.36. The third-order valence-corrected chi connectivity index (χ3v) is 5.51. The zero-order valence-corrected chi connectivity index (χ0v) is 13.4. The van der Waals surface area contributed by atoms with Gasteiger partial charge in [-0.15, -0.1) is 0 Å². The van der Waals surface area contributed by atoms with Crippen molar-refractivity contribution in [3.63, 3.8) is 0 Å². The summed E-state index contributed by atoms with van der Waals surface area (Å²) < 4.78 is 0. The molecule has 0 radical (unpaired) electrons. The van der Waals surface area contributed by atoms with E-state index in [2.05, 4.69) is 56.6 Å². The summed E-state index contributed by atoms with van der Waals surface area (Å²) in [7, 11) is 2.27. The summed E-state index contributed by atoms with van der Waals surface area (Å²) in [5.41, 5.74) is 6.70. The van der Waals surface area contributed by atoms with Crippen LogP contribution in [0.3, 0.4) is 0 Å². The first-order valence-corrected chi connectivity index (χ1v) is 8.53. The van der Waals surface area contributed by atoms with Gasteiger partial charge in [0.15, 0.2) is 0 Å². The van der Waals surface area contributed by atoms with Gasteiger partial charge in [-0.3, -0.25) is 0 Å². The molecule has 1 aromatic carbocycles. The number of hydrogen-bond donors (Lipinski definition) is 0. The zero-order valence-electron chi connectivity index (χ0n) is 12.6. The van der Waals surface area contributed by atoms with E-state index >= 15 is 0 Å². The van der Waals surface area contributed by atoms with Crippen molar-refractivity contribution in [2.45, 2.75) is 50.8 Å². The van der Waals surface area contributed by atoms with Gasteiger partial charge in [-0.2, -0.15) is 11.8 Å². The maximum Gasteiger partial charge on any atom is 0.0233 e. The molecule has 2 aliphatic rings. The molecule has 0 spiro atoms. The van der Waals surface area contributed by atoms with Gasteiger partial charge in [-0.1, -0.05) is 32.9 Å². The highest BCUT2D eigenvalue weighted by Crippen LogP contribution is 2.40. The number of benzene rings is 1. The van der Waals surface area contributed by atoms with Crippen LogP contribution in [0.25, 0.3) is 0 Å². The number of nitrogens with zero attached hydrogens (tertiary/aromatic N) is 1. The second-order valence-electron chi connectivity index (χ2n) is 7.19. The van der Waals surface area contributed by atoms with Gasteiger partial charge in [0.25, 0.3) is 0 Å². The van der Waals surface area contributed by atoms with Crippen LogP contribution in [0, 0.1) is 0 Å². The van der Waals surface area contributed by atoms with E-state index in [1.165, 1.54) is 30.0 Å². The Morgan fingerprint density at radius 3 is 2.68 bits per heavy atom. The summed E-state index contributed by atoms with van der Waals surface area (Å²) in [6, 6.07) is 4.98. The van der Waals surface area contributed by atoms with E-state index in [4.69, 9.17) is 0 Å². The molecule has 19 heavy (non-hydrogen) atoms. The summed E-state index contributed by atoms with van der Waals surface area (Å²) in [5, 5.41) is 0. The molecular formula is C17H25NS. The van der Waals surface area contributed by atoms with Crippen molar-refractivity contribution >= 4 is 11.8 Å². The Balaban J connectivity index is 2.14. The van der Waals surface area contributed by atoms with Crippen LogP contribution in [-0.4, -0.2) is 24.2 Å². The van der Waals surface area contributed by atoms with Gasteiger partial charge in [0.1, 0.15) is 0 Å². The molecule has 3 rings (SSSR count). The molecule has 2 heterocycles. The first-order chi connectivity index (χ1) is 8.95. The minimum Gasteiger partial charge on any atom is -0.301 e. The Labute approximate surface area is 121 Å². The van der Waals surface area contributed by atoms with Crippen LogP contribution >= 0.6 is 11.8 Å². The molecule has 0 saturated heterocycles. The van der Waals surface area contributed by atoms with Crippen molar-refractivity contribution in [3.8, 4) is 0 Å². The van der Waals surface area contributed by atoms with Gasteiger partial charge in [-0.25, -0.2) is 0 Å². The zero-order chi connectivity index (χ0) is 13.6. The molecule has 104 valence electrons. The molecule has 0 amide bonds. The van der Waals surface area contributed by atoms with Crippen LogP contribution < -0.4 is 0 Å². The standard InChI is InChI=1S/C17H25NS/c1-17(2,3)15-7-13-10-18(4)9-12-5-6-19-11-14(8-15)16(12)13/h7-8,12H,5-6,9-11H2,1-4H3. The lowest BCUT2D eigenvalue weighted by atomic mass is 9.79. The lowest BCUT2D eigenvalue weighted by molar-refractivity contribution is 0.277. The maximum atomic E-state index is 2.50. The topological polar surface area (TPSA) is 3.24 Å². The number of rotatable bonds is 0. The van der Waals surface area contributed by atoms with E-state index < -0.39 is 0 Å². The number of likely N-dealkylation sites (N-methyl/N-ethyl adjacent to an activating group) is 1.